The summed E-state index contributed by atoms with van der Waals surface area (Å²) in [6.07, 6.45) is 1.47. The van der Waals surface area contributed by atoms with Crippen molar-refractivity contribution in [2.24, 2.45) is 0 Å². The molecule has 2 unspecified atom stereocenters. The predicted molar refractivity (Wildman–Crippen MR) is 91.9 cm³/mol. The summed E-state index contributed by atoms with van der Waals surface area (Å²) in [5.41, 5.74) is 2.24. The monoisotopic (exact) mass is 331 g/mol. The SMILES string of the molecule is Cc1ccc(OCCC(=O)NC(C)CC(O)c2ccco2)c(C)c1. The molecule has 5 heteroatoms. The third-order valence-electron chi connectivity index (χ3n) is 3.77. The lowest BCUT2D eigenvalue weighted by Crippen LogP contribution is -2.34. The molecule has 0 aliphatic heterocycles. The van der Waals surface area contributed by atoms with Gasteiger partial charge < -0.3 is 19.6 Å². The van der Waals surface area contributed by atoms with Gasteiger partial charge in [-0.1, -0.05) is 17.7 Å². The van der Waals surface area contributed by atoms with Crippen molar-refractivity contribution < 1.29 is 19.1 Å². The van der Waals surface area contributed by atoms with Gasteiger partial charge in [0.25, 0.3) is 0 Å². The van der Waals surface area contributed by atoms with Crippen molar-refractivity contribution in [3.63, 3.8) is 0 Å². The van der Waals surface area contributed by atoms with Gasteiger partial charge in [0.05, 0.1) is 19.3 Å². The number of benzene rings is 1. The van der Waals surface area contributed by atoms with Gasteiger partial charge in [0.2, 0.25) is 5.91 Å². The van der Waals surface area contributed by atoms with E-state index in [1.54, 1.807) is 12.1 Å². The van der Waals surface area contributed by atoms with Crippen LogP contribution in [0.5, 0.6) is 5.75 Å². The maximum absolute atomic E-state index is 12.0. The van der Waals surface area contributed by atoms with Crippen molar-refractivity contribution in [2.45, 2.75) is 45.8 Å². The number of rotatable bonds is 8. The van der Waals surface area contributed by atoms with Crippen molar-refractivity contribution in [2.75, 3.05) is 6.61 Å². The second-order valence-electron chi connectivity index (χ2n) is 6.10. The van der Waals surface area contributed by atoms with E-state index in [4.69, 9.17) is 9.15 Å². The van der Waals surface area contributed by atoms with Gasteiger partial charge in [0.1, 0.15) is 17.6 Å². The Bertz CT molecular complexity index is 651. The van der Waals surface area contributed by atoms with Gasteiger partial charge in [0.15, 0.2) is 0 Å². The molecule has 130 valence electrons. The standard InChI is InChI=1S/C19H25NO4/c1-13-6-7-17(14(2)11-13)24-10-8-19(22)20-15(3)12-16(21)18-5-4-9-23-18/h4-7,9,11,15-16,21H,8,10,12H2,1-3H3,(H,20,22). The molecule has 0 spiro atoms. The highest BCUT2D eigenvalue weighted by molar-refractivity contribution is 5.76. The Kier molecular flexibility index (Phi) is 6.44. The van der Waals surface area contributed by atoms with E-state index in [-0.39, 0.29) is 18.4 Å². The molecular weight excluding hydrogens is 306 g/mol. The Morgan fingerprint density at radius 2 is 2.12 bits per heavy atom. The van der Waals surface area contributed by atoms with E-state index in [1.807, 2.05) is 39.0 Å². The average molecular weight is 331 g/mol. The zero-order valence-electron chi connectivity index (χ0n) is 14.4. The fraction of sp³-hybridized carbons (Fsp3) is 0.421. The van der Waals surface area contributed by atoms with E-state index in [9.17, 15) is 9.90 Å². The van der Waals surface area contributed by atoms with E-state index in [0.29, 0.717) is 18.8 Å². The van der Waals surface area contributed by atoms with Crippen LogP contribution in [0.25, 0.3) is 0 Å². The molecule has 0 saturated heterocycles. The van der Waals surface area contributed by atoms with Crippen molar-refractivity contribution in [3.05, 3.63) is 53.5 Å². The van der Waals surface area contributed by atoms with Gasteiger partial charge in [-0.25, -0.2) is 0 Å². The summed E-state index contributed by atoms with van der Waals surface area (Å²) in [6.45, 7) is 6.20. The Balaban J connectivity index is 1.70. The van der Waals surface area contributed by atoms with Crippen molar-refractivity contribution in [3.8, 4) is 5.75 Å². The molecule has 0 fully saturated rings. The molecular formula is C19H25NO4. The molecule has 0 radical (unpaired) electrons. The highest BCUT2D eigenvalue weighted by Gasteiger charge is 2.16. The molecule has 2 aromatic rings. The van der Waals surface area contributed by atoms with Crippen LogP contribution in [-0.4, -0.2) is 23.7 Å². The zero-order valence-corrected chi connectivity index (χ0v) is 14.4. The molecule has 1 aromatic heterocycles. The highest BCUT2D eigenvalue weighted by Crippen LogP contribution is 2.19. The Morgan fingerprint density at radius 3 is 2.79 bits per heavy atom. The van der Waals surface area contributed by atoms with Crippen LogP contribution in [0, 0.1) is 13.8 Å². The maximum Gasteiger partial charge on any atom is 0.223 e. The molecule has 1 heterocycles. The minimum absolute atomic E-state index is 0.0982. The minimum atomic E-state index is -0.721. The highest BCUT2D eigenvalue weighted by atomic mass is 16.5. The van der Waals surface area contributed by atoms with Crippen LogP contribution in [0.3, 0.4) is 0 Å². The summed E-state index contributed by atoms with van der Waals surface area (Å²) >= 11 is 0. The number of ether oxygens (including phenoxy) is 1. The molecule has 0 aliphatic rings. The smallest absolute Gasteiger partial charge is 0.223 e. The van der Waals surface area contributed by atoms with Crippen LogP contribution in [0.1, 0.15) is 42.8 Å². The molecule has 2 atom stereocenters. The van der Waals surface area contributed by atoms with E-state index < -0.39 is 6.10 Å². The molecule has 0 bridgehead atoms. The predicted octanol–water partition coefficient (Wildman–Crippen LogP) is 3.29. The number of aryl methyl sites for hydroxylation is 2. The number of furan rings is 1. The first-order valence-corrected chi connectivity index (χ1v) is 8.16. The third kappa shape index (κ3) is 5.42. The van der Waals surface area contributed by atoms with Gasteiger partial charge >= 0.3 is 0 Å². The van der Waals surface area contributed by atoms with Crippen molar-refractivity contribution in [1.82, 2.24) is 5.32 Å². The van der Waals surface area contributed by atoms with Crippen LogP contribution in [0.2, 0.25) is 0 Å². The fourth-order valence-electron chi connectivity index (χ4n) is 2.55. The number of aliphatic hydroxyl groups is 1. The zero-order chi connectivity index (χ0) is 17.5. The van der Waals surface area contributed by atoms with Crippen LogP contribution in [-0.2, 0) is 4.79 Å². The van der Waals surface area contributed by atoms with Gasteiger partial charge in [-0.05, 0) is 44.5 Å². The molecule has 0 saturated carbocycles. The van der Waals surface area contributed by atoms with Crippen LogP contribution in [0.4, 0.5) is 0 Å². The lowest BCUT2D eigenvalue weighted by Gasteiger charge is -2.17. The van der Waals surface area contributed by atoms with E-state index in [1.165, 1.54) is 11.8 Å². The number of amides is 1. The van der Waals surface area contributed by atoms with E-state index in [2.05, 4.69) is 5.32 Å². The molecule has 1 amide bonds. The average Bonchev–Trinajstić information content (AvgIpc) is 3.03. The van der Waals surface area contributed by atoms with E-state index in [0.717, 1.165) is 11.3 Å². The Labute approximate surface area is 142 Å². The Morgan fingerprint density at radius 1 is 1.33 bits per heavy atom. The molecule has 5 nitrogen and oxygen atoms in total. The normalized spacial score (nSPS) is 13.3. The van der Waals surface area contributed by atoms with Crippen molar-refractivity contribution in [1.29, 1.82) is 0 Å². The maximum atomic E-state index is 12.0. The number of carbonyl (C=O) groups excluding carboxylic acids is 1. The molecule has 0 aliphatic carbocycles. The summed E-state index contributed by atoms with van der Waals surface area (Å²) in [6, 6.07) is 9.25. The fourth-order valence-corrected chi connectivity index (χ4v) is 2.55. The first-order chi connectivity index (χ1) is 11.5. The molecule has 2 N–H and O–H groups in total. The number of nitrogens with one attached hydrogen (secondary N) is 1. The van der Waals surface area contributed by atoms with Gasteiger partial charge in [-0.3, -0.25) is 4.79 Å². The van der Waals surface area contributed by atoms with E-state index >= 15 is 0 Å². The summed E-state index contributed by atoms with van der Waals surface area (Å²) in [7, 11) is 0. The lowest BCUT2D eigenvalue weighted by molar-refractivity contribution is -0.122. The van der Waals surface area contributed by atoms with Crippen LogP contribution in [0.15, 0.2) is 41.0 Å². The number of hydrogen-bond acceptors (Lipinski definition) is 4. The van der Waals surface area contributed by atoms with Crippen LogP contribution < -0.4 is 10.1 Å². The molecule has 2 rings (SSSR count). The molecule has 24 heavy (non-hydrogen) atoms. The quantitative estimate of drug-likeness (QED) is 0.778. The molecule has 1 aromatic carbocycles. The van der Waals surface area contributed by atoms with Gasteiger partial charge in [-0.15, -0.1) is 0 Å². The van der Waals surface area contributed by atoms with Gasteiger partial charge in [0, 0.05) is 12.5 Å². The lowest BCUT2D eigenvalue weighted by atomic mass is 10.1. The third-order valence-corrected chi connectivity index (χ3v) is 3.77. The van der Waals surface area contributed by atoms with Crippen molar-refractivity contribution >= 4 is 5.91 Å². The number of aliphatic hydroxyl groups excluding tert-OH is 1. The second-order valence-corrected chi connectivity index (χ2v) is 6.10. The minimum Gasteiger partial charge on any atom is -0.493 e. The summed E-state index contributed by atoms with van der Waals surface area (Å²) in [5.74, 6) is 1.21. The number of hydrogen-bond donors (Lipinski definition) is 2. The first kappa shape index (κ1) is 18.1. The first-order valence-electron chi connectivity index (χ1n) is 8.16. The summed E-state index contributed by atoms with van der Waals surface area (Å²) in [5, 5.41) is 12.9. The Hall–Kier alpha value is -2.27. The van der Waals surface area contributed by atoms with Crippen LogP contribution >= 0.6 is 0 Å². The summed E-state index contributed by atoms with van der Waals surface area (Å²) < 4.78 is 10.8. The number of carbonyl (C=O) groups is 1. The second kappa shape index (κ2) is 8.55. The summed E-state index contributed by atoms with van der Waals surface area (Å²) in [4.78, 5) is 12.0. The largest absolute Gasteiger partial charge is 0.493 e. The van der Waals surface area contributed by atoms with Gasteiger partial charge in [-0.2, -0.15) is 0 Å². The topological polar surface area (TPSA) is 71.7 Å².